The summed E-state index contributed by atoms with van der Waals surface area (Å²) >= 11 is 0. The predicted molar refractivity (Wildman–Crippen MR) is 90.4 cm³/mol. The van der Waals surface area contributed by atoms with Gasteiger partial charge >= 0.3 is 0 Å². The van der Waals surface area contributed by atoms with E-state index in [1.54, 1.807) is 0 Å². The fourth-order valence-corrected chi connectivity index (χ4v) is 3.03. The summed E-state index contributed by atoms with van der Waals surface area (Å²) in [7, 11) is 0. The zero-order valence-electron chi connectivity index (χ0n) is 14.7. The molecule has 1 rings (SSSR count). The van der Waals surface area contributed by atoms with E-state index in [0.29, 0.717) is 6.61 Å². The van der Waals surface area contributed by atoms with Crippen LogP contribution in [0.2, 0.25) is 0 Å². The van der Waals surface area contributed by atoms with E-state index >= 15 is 0 Å². The minimum Gasteiger partial charge on any atom is -0.394 e. The monoisotopic (exact) mass is 332 g/mol. The first-order chi connectivity index (χ1) is 11.2. The van der Waals surface area contributed by atoms with Crippen molar-refractivity contribution in [3.05, 3.63) is 0 Å². The van der Waals surface area contributed by atoms with Gasteiger partial charge < -0.3 is 24.8 Å². The van der Waals surface area contributed by atoms with Crippen LogP contribution in [0.25, 0.3) is 0 Å². The molecule has 0 aromatic rings. The molecule has 138 valence electrons. The fourth-order valence-electron chi connectivity index (χ4n) is 3.03. The average Bonchev–Trinajstić information content (AvgIpc) is 2.88. The van der Waals surface area contributed by atoms with Crippen LogP contribution < -0.4 is 0 Å². The Labute approximate surface area is 141 Å². The molecule has 0 aliphatic carbocycles. The number of rotatable bonds is 14. The Kier molecular flexibility index (Phi) is 11.9. The smallest absolute Gasteiger partial charge is 0.114 e. The lowest BCUT2D eigenvalue weighted by Crippen LogP contribution is -2.42. The second-order valence-corrected chi connectivity index (χ2v) is 6.63. The van der Waals surface area contributed by atoms with E-state index in [1.807, 2.05) is 0 Å². The van der Waals surface area contributed by atoms with Gasteiger partial charge in [-0.3, -0.25) is 0 Å². The van der Waals surface area contributed by atoms with Crippen LogP contribution in [0.3, 0.4) is 0 Å². The third kappa shape index (κ3) is 8.45. The molecule has 5 heteroatoms. The lowest BCUT2D eigenvalue weighted by atomic mass is 10.1. The number of ether oxygens (including phenoxy) is 2. The molecule has 1 heterocycles. The molecule has 1 fully saturated rings. The van der Waals surface area contributed by atoms with E-state index in [0.717, 1.165) is 12.8 Å². The van der Waals surface area contributed by atoms with E-state index in [1.165, 1.54) is 51.4 Å². The minimum absolute atomic E-state index is 0.101. The van der Waals surface area contributed by atoms with Crippen molar-refractivity contribution in [2.24, 2.45) is 0 Å². The number of aliphatic hydroxyl groups is 3. The van der Waals surface area contributed by atoms with Gasteiger partial charge in [0.2, 0.25) is 0 Å². The van der Waals surface area contributed by atoms with Gasteiger partial charge in [-0.1, -0.05) is 64.7 Å². The summed E-state index contributed by atoms with van der Waals surface area (Å²) in [6, 6.07) is 0. The number of aliphatic hydroxyl groups excluding tert-OH is 3. The van der Waals surface area contributed by atoms with Crippen molar-refractivity contribution >= 4 is 0 Å². The largest absolute Gasteiger partial charge is 0.394 e. The molecule has 5 nitrogen and oxygen atoms in total. The third-order valence-electron chi connectivity index (χ3n) is 4.57. The Balaban J connectivity index is 1.95. The SMILES string of the molecule is CCCCCCCCCCCCO[C@H](CO)[C@@H]1OC[C@H](O)[C@@H]1O. The molecule has 1 aliphatic rings. The summed E-state index contributed by atoms with van der Waals surface area (Å²) in [5.74, 6) is 0. The Hall–Kier alpha value is -0.200. The van der Waals surface area contributed by atoms with Crippen LogP contribution >= 0.6 is 0 Å². The molecule has 0 aromatic heterocycles. The number of unbranched alkanes of at least 4 members (excludes halogenated alkanes) is 9. The van der Waals surface area contributed by atoms with E-state index in [2.05, 4.69) is 6.92 Å². The van der Waals surface area contributed by atoms with Gasteiger partial charge in [-0.25, -0.2) is 0 Å². The summed E-state index contributed by atoms with van der Waals surface area (Å²) < 4.78 is 10.9. The van der Waals surface area contributed by atoms with Crippen LogP contribution in [-0.2, 0) is 9.47 Å². The summed E-state index contributed by atoms with van der Waals surface area (Å²) in [4.78, 5) is 0. The van der Waals surface area contributed by atoms with E-state index in [4.69, 9.17) is 9.47 Å². The van der Waals surface area contributed by atoms with E-state index in [-0.39, 0.29) is 13.2 Å². The molecule has 0 radical (unpaired) electrons. The summed E-state index contributed by atoms with van der Waals surface area (Å²) in [5.41, 5.74) is 0. The standard InChI is InChI=1S/C18H36O5/c1-2-3-4-5-6-7-8-9-10-11-12-22-16(13-19)18-17(21)15(20)14-23-18/h15-21H,2-14H2,1H3/t15-,16+,17-,18-/m0/s1. The van der Waals surface area contributed by atoms with Gasteiger partial charge in [0.15, 0.2) is 0 Å². The van der Waals surface area contributed by atoms with Crippen LogP contribution in [-0.4, -0.2) is 59.6 Å². The lowest BCUT2D eigenvalue weighted by molar-refractivity contribution is -0.101. The first-order valence-electron chi connectivity index (χ1n) is 9.40. The maximum atomic E-state index is 9.77. The first kappa shape index (κ1) is 20.8. The van der Waals surface area contributed by atoms with Crippen molar-refractivity contribution in [2.45, 2.75) is 95.5 Å². The molecule has 0 bridgehead atoms. The Bertz CT molecular complexity index is 274. The maximum Gasteiger partial charge on any atom is 0.114 e. The van der Waals surface area contributed by atoms with Gasteiger partial charge in [-0.15, -0.1) is 0 Å². The minimum atomic E-state index is -0.972. The van der Waals surface area contributed by atoms with Crippen molar-refractivity contribution in [3.8, 4) is 0 Å². The van der Waals surface area contributed by atoms with Crippen LogP contribution in [0.5, 0.6) is 0 Å². The molecule has 1 aliphatic heterocycles. The van der Waals surface area contributed by atoms with Crippen LogP contribution in [0.15, 0.2) is 0 Å². The normalized spacial score (nSPS) is 25.8. The van der Waals surface area contributed by atoms with Crippen molar-refractivity contribution in [1.29, 1.82) is 0 Å². The molecule has 0 amide bonds. The zero-order chi connectivity index (χ0) is 16.9. The molecule has 0 aromatic carbocycles. The summed E-state index contributed by atoms with van der Waals surface area (Å²) in [6.45, 7) is 2.70. The Morgan fingerprint density at radius 3 is 2.00 bits per heavy atom. The lowest BCUT2D eigenvalue weighted by Gasteiger charge is -2.24. The number of hydrogen-bond acceptors (Lipinski definition) is 5. The Morgan fingerprint density at radius 1 is 0.957 bits per heavy atom. The predicted octanol–water partition coefficient (Wildman–Crippen LogP) is 2.41. The van der Waals surface area contributed by atoms with Crippen molar-refractivity contribution < 1.29 is 24.8 Å². The highest BCUT2D eigenvalue weighted by molar-refractivity contribution is 4.88. The van der Waals surface area contributed by atoms with Crippen LogP contribution in [0, 0.1) is 0 Å². The molecule has 3 N–H and O–H groups in total. The van der Waals surface area contributed by atoms with Crippen LogP contribution in [0.1, 0.15) is 71.1 Å². The second-order valence-electron chi connectivity index (χ2n) is 6.63. The van der Waals surface area contributed by atoms with Gasteiger partial charge in [0, 0.05) is 6.61 Å². The highest BCUT2D eigenvalue weighted by Gasteiger charge is 2.40. The molecule has 1 saturated heterocycles. The summed E-state index contributed by atoms with van der Waals surface area (Å²) in [6.07, 6.45) is 9.63. The van der Waals surface area contributed by atoms with Gasteiger partial charge in [0.25, 0.3) is 0 Å². The fraction of sp³-hybridized carbons (Fsp3) is 1.00. The molecule has 0 unspecified atom stereocenters. The molecule has 4 atom stereocenters. The van der Waals surface area contributed by atoms with Gasteiger partial charge in [0.05, 0.1) is 13.2 Å². The summed E-state index contributed by atoms with van der Waals surface area (Å²) in [5, 5.41) is 28.6. The second kappa shape index (κ2) is 13.1. The number of hydrogen-bond donors (Lipinski definition) is 3. The maximum absolute atomic E-state index is 9.77. The van der Waals surface area contributed by atoms with Crippen LogP contribution in [0.4, 0.5) is 0 Å². The quantitative estimate of drug-likeness (QED) is 0.426. The first-order valence-corrected chi connectivity index (χ1v) is 9.40. The topological polar surface area (TPSA) is 79.2 Å². The van der Waals surface area contributed by atoms with Gasteiger partial charge in [-0.2, -0.15) is 0 Å². The highest BCUT2D eigenvalue weighted by Crippen LogP contribution is 2.20. The highest BCUT2D eigenvalue weighted by atomic mass is 16.6. The van der Waals surface area contributed by atoms with Crippen molar-refractivity contribution in [3.63, 3.8) is 0 Å². The van der Waals surface area contributed by atoms with Crippen molar-refractivity contribution in [2.75, 3.05) is 19.8 Å². The van der Waals surface area contributed by atoms with Gasteiger partial charge in [0.1, 0.15) is 24.4 Å². The molecule has 0 saturated carbocycles. The molecule has 0 spiro atoms. The van der Waals surface area contributed by atoms with E-state index < -0.39 is 24.4 Å². The Morgan fingerprint density at radius 2 is 1.52 bits per heavy atom. The molecular formula is C18H36O5. The van der Waals surface area contributed by atoms with Gasteiger partial charge in [-0.05, 0) is 6.42 Å². The zero-order valence-corrected chi connectivity index (χ0v) is 14.7. The average molecular weight is 332 g/mol. The molecular weight excluding hydrogens is 296 g/mol. The van der Waals surface area contributed by atoms with Crippen molar-refractivity contribution in [1.82, 2.24) is 0 Å². The molecule has 23 heavy (non-hydrogen) atoms. The third-order valence-corrected chi connectivity index (χ3v) is 4.57. The van der Waals surface area contributed by atoms with E-state index in [9.17, 15) is 15.3 Å².